The second kappa shape index (κ2) is 13.5. The van der Waals surface area contributed by atoms with Gasteiger partial charge in [-0.2, -0.15) is 0 Å². The number of aliphatic imine (C=N–C) groups is 1. The van der Waals surface area contributed by atoms with Crippen molar-refractivity contribution in [2.75, 3.05) is 47.9 Å². The molecule has 0 radical (unpaired) electrons. The van der Waals surface area contributed by atoms with Gasteiger partial charge in [-0.25, -0.2) is 0 Å². The molecular weight excluding hydrogens is 324 g/mol. The van der Waals surface area contributed by atoms with Gasteiger partial charge in [0.05, 0.1) is 7.11 Å². The number of hydrogen-bond acceptors (Lipinski definition) is 3. The van der Waals surface area contributed by atoms with Crippen LogP contribution in [0.25, 0.3) is 0 Å². The molecule has 0 aliphatic heterocycles. The molecular formula is C21H38N4O. The molecule has 1 rings (SSSR count). The number of guanidine groups is 1. The third kappa shape index (κ3) is 9.66. The number of nitrogens with one attached hydrogen (secondary N) is 2. The van der Waals surface area contributed by atoms with Gasteiger partial charge in [0, 0.05) is 20.1 Å². The number of ether oxygens (including phenoxy) is 1. The number of hydrogen-bond donors (Lipinski definition) is 2. The standard InChI is InChI=1S/C21H38N4O/c1-18-11-12-20(26-5)19(17-18)13-15-24-21(22-2)23-14-9-7-6-8-10-16-25(3)4/h11-12,17H,6-10,13-16H2,1-5H3,(H2,22,23,24). The Morgan fingerprint density at radius 1 is 1.04 bits per heavy atom. The first-order chi connectivity index (χ1) is 12.6. The molecule has 26 heavy (non-hydrogen) atoms. The summed E-state index contributed by atoms with van der Waals surface area (Å²) in [5, 5.41) is 6.79. The van der Waals surface area contributed by atoms with E-state index in [1.807, 2.05) is 13.1 Å². The van der Waals surface area contributed by atoms with E-state index in [1.54, 1.807) is 7.11 Å². The number of nitrogens with zero attached hydrogens (tertiary/aromatic N) is 2. The zero-order valence-corrected chi connectivity index (χ0v) is 17.4. The number of benzene rings is 1. The average Bonchev–Trinajstić information content (AvgIpc) is 2.62. The molecule has 1 aromatic rings. The molecule has 1 aromatic carbocycles. The molecule has 0 spiro atoms. The lowest BCUT2D eigenvalue weighted by Crippen LogP contribution is -2.38. The summed E-state index contributed by atoms with van der Waals surface area (Å²) in [5.74, 6) is 1.83. The molecule has 0 aliphatic rings. The molecule has 5 heteroatoms. The zero-order chi connectivity index (χ0) is 19.2. The summed E-state index contributed by atoms with van der Waals surface area (Å²) in [6.07, 6.45) is 7.31. The highest BCUT2D eigenvalue weighted by atomic mass is 16.5. The van der Waals surface area contributed by atoms with Gasteiger partial charge in [-0.3, -0.25) is 4.99 Å². The first-order valence-electron chi connectivity index (χ1n) is 9.79. The Morgan fingerprint density at radius 2 is 1.73 bits per heavy atom. The van der Waals surface area contributed by atoms with E-state index < -0.39 is 0 Å². The molecule has 0 amide bonds. The SMILES string of the molecule is CN=C(NCCCCCCCN(C)C)NCCc1cc(C)ccc1OC. The lowest BCUT2D eigenvalue weighted by Gasteiger charge is -2.13. The zero-order valence-electron chi connectivity index (χ0n) is 17.4. The van der Waals surface area contributed by atoms with E-state index in [0.29, 0.717) is 0 Å². The van der Waals surface area contributed by atoms with Gasteiger partial charge in [-0.15, -0.1) is 0 Å². The number of methoxy groups -OCH3 is 1. The maximum Gasteiger partial charge on any atom is 0.190 e. The van der Waals surface area contributed by atoms with Crippen molar-refractivity contribution in [3.05, 3.63) is 29.3 Å². The van der Waals surface area contributed by atoms with Gasteiger partial charge in [-0.05, 0) is 58.5 Å². The minimum absolute atomic E-state index is 0.837. The normalized spacial score (nSPS) is 11.7. The molecule has 148 valence electrons. The molecule has 5 nitrogen and oxygen atoms in total. The number of aryl methyl sites for hydroxylation is 1. The molecule has 0 saturated heterocycles. The fraction of sp³-hybridized carbons (Fsp3) is 0.667. The highest BCUT2D eigenvalue weighted by molar-refractivity contribution is 5.79. The summed E-state index contributed by atoms with van der Waals surface area (Å²) >= 11 is 0. The lowest BCUT2D eigenvalue weighted by atomic mass is 10.1. The van der Waals surface area contributed by atoms with Crippen LogP contribution in [0.3, 0.4) is 0 Å². The van der Waals surface area contributed by atoms with Crippen LogP contribution in [-0.4, -0.2) is 58.7 Å². The van der Waals surface area contributed by atoms with Crippen LogP contribution in [0.1, 0.15) is 43.2 Å². The Balaban J connectivity index is 2.17. The summed E-state index contributed by atoms with van der Waals surface area (Å²) in [7, 11) is 7.82. The molecule has 0 bridgehead atoms. The van der Waals surface area contributed by atoms with Crippen LogP contribution in [0.4, 0.5) is 0 Å². The molecule has 0 heterocycles. The summed E-state index contributed by atoms with van der Waals surface area (Å²) in [6, 6.07) is 6.31. The smallest absolute Gasteiger partial charge is 0.190 e. The van der Waals surface area contributed by atoms with Crippen molar-refractivity contribution in [2.24, 2.45) is 4.99 Å². The van der Waals surface area contributed by atoms with Crippen molar-refractivity contribution in [3.8, 4) is 5.75 Å². The summed E-state index contributed by atoms with van der Waals surface area (Å²) in [5.41, 5.74) is 2.49. The maximum absolute atomic E-state index is 5.44. The first kappa shape index (κ1) is 22.3. The highest BCUT2D eigenvalue weighted by Gasteiger charge is 2.04. The third-order valence-corrected chi connectivity index (χ3v) is 4.42. The highest BCUT2D eigenvalue weighted by Crippen LogP contribution is 2.19. The quantitative estimate of drug-likeness (QED) is 0.340. The second-order valence-corrected chi connectivity index (χ2v) is 7.06. The van der Waals surface area contributed by atoms with Crippen molar-refractivity contribution in [3.63, 3.8) is 0 Å². The Hall–Kier alpha value is -1.75. The Bertz CT molecular complexity index is 529. The van der Waals surface area contributed by atoms with Crippen LogP contribution < -0.4 is 15.4 Å². The Morgan fingerprint density at radius 3 is 2.42 bits per heavy atom. The number of unbranched alkanes of at least 4 members (excludes halogenated alkanes) is 4. The van der Waals surface area contributed by atoms with Crippen LogP contribution in [0, 0.1) is 6.92 Å². The van der Waals surface area contributed by atoms with Gasteiger partial charge >= 0.3 is 0 Å². The lowest BCUT2D eigenvalue weighted by molar-refractivity contribution is 0.389. The van der Waals surface area contributed by atoms with E-state index in [2.05, 4.69) is 53.7 Å². The second-order valence-electron chi connectivity index (χ2n) is 7.06. The molecule has 0 unspecified atom stereocenters. The Labute approximate surface area is 160 Å². The topological polar surface area (TPSA) is 48.9 Å². The van der Waals surface area contributed by atoms with Crippen molar-refractivity contribution in [1.29, 1.82) is 0 Å². The van der Waals surface area contributed by atoms with Gasteiger partial charge in [-0.1, -0.05) is 37.0 Å². The van der Waals surface area contributed by atoms with Gasteiger partial charge in [0.25, 0.3) is 0 Å². The predicted octanol–water partition coefficient (Wildman–Crippen LogP) is 3.22. The molecule has 0 saturated carbocycles. The van der Waals surface area contributed by atoms with Crippen molar-refractivity contribution >= 4 is 5.96 Å². The van der Waals surface area contributed by atoms with E-state index in [-0.39, 0.29) is 0 Å². The molecule has 0 aromatic heterocycles. The fourth-order valence-electron chi connectivity index (χ4n) is 2.93. The van der Waals surface area contributed by atoms with Crippen LogP contribution in [-0.2, 0) is 6.42 Å². The first-order valence-corrected chi connectivity index (χ1v) is 9.79. The Kier molecular flexibility index (Phi) is 11.5. The minimum Gasteiger partial charge on any atom is -0.496 e. The van der Waals surface area contributed by atoms with Crippen LogP contribution >= 0.6 is 0 Å². The molecule has 0 atom stereocenters. The van der Waals surface area contributed by atoms with E-state index in [4.69, 9.17) is 4.74 Å². The maximum atomic E-state index is 5.44. The van der Waals surface area contributed by atoms with Gasteiger partial charge in [0.15, 0.2) is 5.96 Å². The summed E-state index contributed by atoms with van der Waals surface area (Å²) in [6.45, 7) is 5.11. The number of rotatable bonds is 12. The van der Waals surface area contributed by atoms with Crippen molar-refractivity contribution in [1.82, 2.24) is 15.5 Å². The molecule has 0 fully saturated rings. The van der Waals surface area contributed by atoms with Gasteiger partial charge in [0.2, 0.25) is 0 Å². The average molecular weight is 363 g/mol. The monoisotopic (exact) mass is 362 g/mol. The van der Waals surface area contributed by atoms with E-state index >= 15 is 0 Å². The van der Waals surface area contributed by atoms with Crippen LogP contribution in [0.2, 0.25) is 0 Å². The minimum atomic E-state index is 0.837. The van der Waals surface area contributed by atoms with Gasteiger partial charge < -0.3 is 20.3 Å². The molecule has 2 N–H and O–H groups in total. The van der Waals surface area contributed by atoms with E-state index in [9.17, 15) is 0 Å². The summed E-state index contributed by atoms with van der Waals surface area (Å²) < 4.78 is 5.44. The summed E-state index contributed by atoms with van der Waals surface area (Å²) in [4.78, 5) is 6.56. The van der Waals surface area contributed by atoms with Crippen molar-refractivity contribution in [2.45, 2.75) is 45.4 Å². The fourth-order valence-corrected chi connectivity index (χ4v) is 2.93. The van der Waals surface area contributed by atoms with E-state index in [1.165, 1.54) is 49.8 Å². The largest absolute Gasteiger partial charge is 0.496 e. The van der Waals surface area contributed by atoms with Crippen molar-refractivity contribution < 1.29 is 4.74 Å². The van der Waals surface area contributed by atoms with E-state index in [0.717, 1.165) is 31.2 Å². The molecule has 0 aliphatic carbocycles. The van der Waals surface area contributed by atoms with Crippen LogP contribution in [0.15, 0.2) is 23.2 Å². The predicted molar refractivity (Wildman–Crippen MR) is 112 cm³/mol. The third-order valence-electron chi connectivity index (χ3n) is 4.42. The van der Waals surface area contributed by atoms with Crippen LogP contribution in [0.5, 0.6) is 5.75 Å². The van der Waals surface area contributed by atoms with Gasteiger partial charge in [0.1, 0.15) is 5.75 Å².